The van der Waals surface area contributed by atoms with Gasteiger partial charge in [0.2, 0.25) is 0 Å². The highest BCUT2D eigenvalue weighted by molar-refractivity contribution is 6.34. The summed E-state index contributed by atoms with van der Waals surface area (Å²) in [4.78, 5) is 0. The Kier molecular flexibility index (Phi) is 2.72. The third kappa shape index (κ3) is 2.16. The van der Waals surface area contributed by atoms with Crippen LogP contribution in [0.3, 0.4) is 0 Å². The highest BCUT2D eigenvalue weighted by Crippen LogP contribution is 2.22. The summed E-state index contributed by atoms with van der Waals surface area (Å²) in [5, 5.41) is 5.59. The van der Waals surface area contributed by atoms with Gasteiger partial charge in [0.15, 0.2) is 0 Å². The van der Waals surface area contributed by atoms with Crippen molar-refractivity contribution in [2.45, 2.75) is 13.8 Å². The van der Waals surface area contributed by atoms with Crippen LogP contribution in [0.1, 0.15) is 11.4 Å². The third-order valence-corrected chi connectivity index (χ3v) is 2.54. The Labute approximate surface area is 98.4 Å². The first-order valence-electron chi connectivity index (χ1n) is 4.56. The SMILES string of the molecule is Cc1cc(C)n(-c2cc(Cl)cc(Cl)c2)n1. The Hall–Kier alpha value is -0.990. The molecule has 1 aromatic heterocycles. The fourth-order valence-electron chi connectivity index (χ4n) is 1.55. The number of aromatic nitrogens is 2. The first-order valence-corrected chi connectivity index (χ1v) is 5.31. The lowest BCUT2D eigenvalue weighted by Crippen LogP contribution is -1.98. The van der Waals surface area contributed by atoms with E-state index in [-0.39, 0.29) is 0 Å². The molecule has 0 radical (unpaired) electrons. The minimum atomic E-state index is 0.616. The number of hydrogen-bond donors (Lipinski definition) is 0. The molecule has 0 unspecified atom stereocenters. The molecule has 2 nitrogen and oxygen atoms in total. The van der Waals surface area contributed by atoms with Crippen LogP contribution in [0.25, 0.3) is 5.69 Å². The van der Waals surface area contributed by atoms with Crippen molar-refractivity contribution in [2.24, 2.45) is 0 Å². The van der Waals surface area contributed by atoms with Gasteiger partial charge in [-0.3, -0.25) is 0 Å². The Morgan fingerprint density at radius 2 is 1.60 bits per heavy atom. The molecular formula is C11H10Cl2N2. The average Bonchev–Trinajstić information content (AvgIpc) is 2.43. The monoisotopic (exact) mass is 240 g/mol. The lowest BCUT2D eigenvalue weighted by atomic mass is 10.3. The second kappa shape index (κ2) is 3.87. The van der Waals surface area contributed by atoms with E-state index in [1.54, 1.807) is 6.07 Å². The van der Waals surface area contributed by atoms with E-state index < -0.39 is 0 Å². The first kappa shape index (κ1) is 10.5. The molecule has 0 spiro atoms. The molecule has 4 heteroatoms. The predicted molar refractivity (Wildman–Crippen MR) is 63.1 cm³/mol. The van der Waals surface area contributed by atoms with E-state index in [2.05, 4.69) is 5.10 Å². The molecule has 0 atom stereocenters. The molecule has 2 rings (SSSR count). The maximum Gasteiger partial charge on any atom is 0.0678 e. The van der Waals surface area contributed by atoms with Crippen molar-refractivity contribution >= 4 is 23.2 Å². The van der Waals surface area contributed by atoms with Crippen LogP contribution < -0.4 is 0 Å². The predicted octanol–water partition coefficient (Wildman–Crippen LogP) is 3.80. The highest BCUT2D eigenvalue weighted by atomic mass is 35.5. The number of aryl methyl sites for hydroxylation is 2. The molecule has 1 aromatic carbocycles. The van der Waals surface area contributed by atoms with Crippen molar-refractivity contribution in [1.29, 1.82) is 0 Å². The Bertz CT molecular complexity index is 483. The highest BCUT2D eigenvalue weighted by Gasteiger charge is 2.05. The smallest absolute Gasteiger partial charge is 0.0678 e. The van der Waals surface area contributed by atoms with Crippen molar-refractivity contribution in [1.82, 2.24) is 9.78 Å². The van der Waals surface area contributed by atoms with Gasteiger partial charge < -0.3 is 0 Å². The van der Waals surface area contributed by atoms with E-state index in [0.717, 1.165) is 17.1 Å². The van der Waals surface area contributed by atoms with E-state index in [1.165, 1.54) is 0 Å². The summed E-state index contributed by atoms with van der Waals surface area (Å²) >= 11 is 11.9. The van der Waals surface area contributed by atoms with Gasteiger partial charge in [-0.15, -0.1) is 0 Å². The van der Waals surface area contributed by atoms with E-state index in [4.69, 9.17) is 23.2 Å². The summed E-state index contributed by atoms with van der Waals surface area (Å²) < 4.78 is 1.83. The largest absolute Gasteiger partial charge is 0.238 e. The van der Waals surface area contributed by atoms with Crippen LogP contribution in [0, 0.1) is 13.8 Å². The number of hydrogen-bond acceptors (Lipinski definition) is 1. The zero-order valence-electron chi connectivity index (χ0n) is 8.46. The molecule has 0 saturated carbocycles. The van der Waals surface area contributed by atoms with E-state index in [1.807, 2.05) is 36.7 Å². The van der Waals surface area contributed by atoms with Crippen LogP contribution in [0.4, 0.5) is 0 Å². The van der Waals surface area contributed by atoms with Gasteiger partial charge in [0.05, 0.1) is 11.4 Å². The van der Waals surface area contributed by atoms with Crippen molar-refractivity contribution in [3.63, 3.8) is 0 Å². The van der Waals surface area contributed by atoms with E-state index in [9.17, 15) is 0 Å². The van der Waals surface area contributed by atoms with Crippen molar-refractivity contribution in [2.75, 3.05) is 0 Å². The van der Waals surface area contributed by atoms with Crippen LogP contribution in [0.2, 0.25) is 10.0 Å². The topological polar surface area (TPSA) is 17.8 Å². The molecule has 0 N–H and O–H groups in total. The van der Waals surface area contributed by atoms with Crippen LogP contribution in [-0.2, 0) is 0 Å². The maximum absolute atomic E-state index is 5.93. The average molecular weight is 241 g/mol. The Balaban J connectivity index is 2.58. The molecular weight excluding hydrogens is 231 g/mol. The molecule has 0 aliphatic rings. The summed E-state index contributed by atoms with van der Waals surface area (Å²) in [7, 11) is 0. The molecule has 0 amide bonds. The molecule has 0 saturated heterocycles. The lowest BCUT2D eigenvalue weighted by molar-refractivity contribution is 0.834. The van der Waals surface area contributed by atoms with Crippen LogP contribution in [0.5, 0.6) is 0 Å². The molecule has 0 bridgehead atoms. The molecule has 78 valence electrons. The van der Waals surface area contributed by atoms with Crippen LogP contribution in [-0.4, -0.2) is 9.78 Å². The lowest BCUT2D eigenvalue weighted by Gasteiger charge is -2.05. The Morgan fingerprint density at radius 3 is 2.07 bits per heavy atom. The van der Waals surface area contributed by atoms with Crippen LogP contribution in [0.15, 0.2) is 24.3 Å². The van der Waals surface area contributed by atoms with Gasteiger partial charge >= 0.3 is 0 Å². The van der Waals surface area contributed by atoms with Crippen molar-refractivity contribution in [3.05, 3.63) is 45.7 Å². The van der Waals surface area contributed by atoms with Gasteiger partial charge in [-0.1, -0.05) is 23.2 Å². The molecule has 0 fully saturated rings. The fraction of sp³-hybridized carbons (Fsp3) is 0.182. The number of nitrogens with zero attached hydrogens (tertiary/aromatic N) is 2. The van der Waals surface area contributed by atoms with E-state index in [0.29, 0.717) is 10.0 Å². The van der Waals surface area contributed by atoms with Crippen LogP contribution >= 0.6 is 23.2 Å². The summed E-state index contributed by atoms with van der Waals surface area (Å²) in [6.45, 7) is 3.95. The number of benzene rings is 1. The molecule has 1 heterocycles. The third-order valence-electron chi connectivity index (χ3n) is 2.10. The first-order chi connectivity index (χ1) is 7.06. The number of rotatable bonds is 1. The quantitative estimate of drug-likeness (QED) is 0.742. The summed E-state index contributed by atoms with van der Waals surface area (Å²) in [5.41, 5.74) is 2.92. The van der Waals surface area contributed by atoms with Crippen molar-refractivity contribution < 1.29 is 0 Å². The number of halogens is 2. The second-order valence-electron chi connectivity index (χ2n) is 3.47. The van der Waals surface area contributed by atoms with Gasteiger partial charge in [0.25, 0.3) is 0 Å². The van der Waals surface area contributed by atoms with Gasteiger partial charge in [0, 0.05) is 15.7 Å². The fourth-order valence-corrected chi connectivity index (χ4v) is 2.07. The Morgan fingerprint density at radius 1 is 1.00 bits per heavy atom. The minimum absolute atomic E-state index is 0.616. The van der Waals surface area contributed by atoms with Gasteiger partial charge in [0.1, 0.15) is 0 Å². The normalized spacial score (nSPS) is 10.7. The minimum Gasteiger partial charge on any atom is -0.238 e. The molecule has 15 heavy (non-hydrogen) atoms. The zero-order valence-corrected chi connectivity index (χ0v) is 9.97. The standard InChI is InChI=1S/C11H10Cl2N2/c1-7-3-8(2)15(14-7)11-5-9(12)4-10(13)6-11/h3-6H,1-2H3. The summed E-state index contributed by atoms with van der Waals surface area (Å²) in [5.74, 6) is 0. The second-order valence-corrected chi connectivity index (χ2v) is 4.34. The maximum atomic E-state index is 5.93. The molecule has 0 aliphatic carbocycles. The summed E-state index contributed by atoms with van der Waals surface area (Å²) in [6.07, 6.45) is 0. The van der Waals surface area contributed by atoms with Gasteiger partial charge in [-0.25, -0.2) is 4.68 Å². The molecule has 2 aromatic rings. The zero-order chi connectivity index (χ0) is 11.0. The van der Waals surface area contributed by atoms with Gasteiger partial charge in [-0.05, 0) is 38.1 Å². The van der Waals surface area contributed by atoms with E-state index >= 15 is 0 Å². The molecule has 0 aliphatic heterocycles. The van der Waals surface area contributed by atoms with Gasteiger partial charge in [-0.2, -0.15) is 5.10 Å². The van der Waals surface area contributed by atoms with Crippen molar-refractivity contribution in [3.8, 4) is 5.69 Å². The summed E-state index contributed by atoms with van der Waals surface area (Å²) in [6, 6.07) is 7.40.